The summed E-state index contributed by atoms with van der Waals surface area (Å²) in [5.41, 5.74) is 10.0. The summed E-state index contributed by atoms with van der Waals surface area (Å²) >= 11 is 0. The molecule has 2 aromatic rings. The van der Waals surface area contributed by atoms with Crippen molar-refractivity contribution in [3.05, 3.63) is 45.5 Å². The van der Waals surface area contributed by atoms with Gasteiger partial charge in [-0.2, -0.15) is 0 Å². The second-order valence-corrected chi connectivity index (χ2v) is 11.7. The third kappa shape index (κ3) is 3.95. The molecule has 2 saturated carbocycles. The van der Waals surface area contributed by atoms with Gasteiger partial charge in [0.15, 0.2) is 0 Å². The van der Waals surface area contributed by atoms with Gasteiger partial charge in [0.25, 0.3) is 0 Å². The summed E-state index contributed by atoms with van der Waals surface area (Å²) in [4.78, 5) is 0. The van der Waals surface area contributed by atoms with Crippen LogP contribution < -0.4 is 0 Å². The molecule has 0 atom stereocenters. The molecule has 6 rings (SSSR count). The van der Waals surface area contributed by atoms with Crippen molar-refractivity contribution in [1.82, 2.24) is 0 Å². The van der Waals surface area contributed by atoms with Gasteiger partial charge in [0.05, 0.1) is 0 Å². The van der Waals surface area contributed by atoms with Crippen LogP contribution in [0.25, 0.3) is 11.1 Å². The maximum atomic E-state index is 12.0. The normalized spacial score (nSPS) is 21.8. The predicted octanol–water partition coefficient (Wildman–Crippen LogP) is 8.62. The van der Waals surface area contributed by atoms with Crippen LogP contribution in [0, 0.1) is 0 Å². The molecule has 0 aliphatic heterocycles. The highest BCUT2D eigenvalue weighted by Gasteiger charge is 2.32. The molecule has 0 radical (unpaired) electrons. The Labute approximate surface area is 205 Å². The second-order valence-electron chi connectivity index (χ2n) is 11.7. The fraction of sp³-hybridized carbons (Fsp3) is 0.625. The molecule has 0 aromatic heterocycles. The van der Waals surface area contributed by atoms with Crippen LogP contribution in [0.3, 0.4) is 0 Å². The van der Waals surface area contributed by atoms with Crippen molar-refractivity contribution in [1.29, 1.82) is 0 Å². The van der Waals surface area contributed by atoms with Crippen molar-refractivity contribution in [2.45, 2.75) is 127 Å². The van der Waals surface area contributed by atoms with Gasteiger partial charge in [-0.25, -0.2) is 0 Å². The zero-order chi connectivity index (χ0) is 23.1. The molecule has 0 unspecified atom stereocenters. The lowest BCUT2D eigenvalue weighted by Crippen LogP contribution is -2.14. The Hall–Kier alpha value is -1.96. The third-order valence-corrected chi connectivity index (χ3v) is 9.64. The number of aryl methyl sites for hydroxylation is 2. The van der Waals surface area contributed by atoms with Gasteiger partial charge in [0.1, 0.15) is 11.5 Å². The summed E-state index contributed by atoms with van der Waals surface area (Å²) in [5, 5.41) is 23.9. The van der Waals surface area contributed by atoms with Crippen LogP contribution in [0.1, 0.15) is 135 Å². The second kappa shape index (κ2) is 9.59. The van der Waals surface area contributed by atoms with E-state index in [9.17, 15) is 10.2 Å². The van der Waals surface area contributed by atoms with Crippen molar-refractivity contribution in [3.63, 3.8) is 0 Å². The molecular weight excluding hydrogens is 416 g/mol. The first-order chi connectivity index (χ1) is 16.7. The van der Waals surface area contributed by atoms with Crippen LogP contribution in [0.4, 0.5) is 0 Å². The molecule has 182 valence electrons. The fourth-order valence-electron chi connectivity index (χ4n) is 7.82. The molecule has 2 fully saturated rings. The molecule has 2 heteroatoms. The molecule has 0 bridgehead atoms. The topological polar surface area (TPSA) is 40.5 Å². The van der Waals surface area contributed by atoms with Crippen molar-refractivity contribution in [2.75, 3.05) is 0 Å². The number of benzene rings is 2. The van der Waals surface area contributed by atoms with E-state index in [2.05, 4.69) is 12.1 Å². The summed E-state index contributed by atoms with van der Waals surface area (Å²) in [6, 6.07) is 4.75. The van der Waals surface area contributed by atoms with E-state index >= 15 is 0 Å². The van der Waals surface area contributed by atoms with Crippen LogP contribution in [-0.4, -0.2) is 10.2 Å². The first kappa shape index (κ1) is 22.5. The van der Waals surface area contributed by atoms with Crippen LogP contribution in [0.2, 0.25) is 0 Å². The standard InChI is InChI=1S/C32H42O2/c33-31-27(21-11-3-1-4-12-21)19-23-15-7-9-17-25(23)29(31)30-26-18-10-8-16-24(26)20-28(32(30)34)22-13-5-2-6-14-22/h19-22,33-34H,1-18H2. The Bertz CT molecular complexity index is 968. The molecule has 0 heterocycles. The van der Waals surface area contributed by atoms with Gasteiger partial charge in [-0.3, -0.25) is 0 Å². The number of hydrogen-bond acceptors (Lipinski definition) is 2. The van der Waals surface area contributed by atoms with E-state index in [0.29, 0.717) is 23.3 Å². The maximum absolute atomic E-state index is 12.0. The van der Waals surface area contributed by atoms with E-state index in [1.807, 2.05) is 0 Å². The summed E-state index contributed by atoms with van der Waals surface area (Å²) in [6.45, 7) is 0. The Kier molecular flexibility index (Phi) is 6.35. The van der Waals surface area contributed by atoms with Crippen LogP contribution in [0.5, 0.6) is 11.5 Å². The number of rotatable bonds is 3. The smallest absolute Gasteiger partial charge is 0.127 e. The van der Waals surface area contributed by atoms with Gasteiger partial charge in [0.2, 0.25) is 0 Å². The Morgan fingerprint density at radius 2 is 0.853 bits per heavy atom. The molecule has 2 nitrogen and oxygen atoms in total. The Morgan fingerprint density at radius 3 is 1.26 bits per heavy atom. The third-order valence-electron chi connectivity index (χ3n) is 9.64. The summed E-state index contributed by atoms with van der Waals surface area (Å²) < 4.78 is 0. The first-order valence-corrected chi connectivity index (χ1v) is 14.5. The summed E-state index contributed by atoms with van der Waals surface area (Å²) in [5.74, 6) is 1.96. The summed E-state index contributed by atoms with van der Waals surface area (Å²) in [6.07, 6.45) is 21.7. The first-order valence-electron chi connectivity index (χ1n) is 14.5. The average molecular weight is 459 g/mol. The molecule has 2 N–H and O–H groups in total. The van der Waals surface area contributed by atoms with Crippen molar-refractivity contribution >= 4 is 0 Å². The highest BCUT2D eigenvalue weighted by atomic mass is 16.3. The lowest BCUT2D eigenvalue weighted by atomic mass is 9.74. The number of hydrogen-bond donors (Lipinski definition) is 2. The van der Waals surface area contributed by atoms with Crippen LogP contribution >= 0.6 is 0 Å². The highest BCUT2D eigenvalue weighted by molar-refractivity contribution is 5.85. The minimum atomic E-state index is 0.472. The van der Waals surface area contributed by atoms with Crippen molar-refractivity contribution in [3.8, 4) is 22.6 Å². The Balaban J connectivity index is 1.59. The van der Waals surface area contributed by atoms with Crippen molar-refractivity contribution in [2.24, 2.45) is 0 Å². The van der Waals surface area contributed by atoms with Crippen molar-refractivity contribution < 1.29 is 10.2 Å². The van der Waals surface area contributed by atoms with E-state index in [1.54, 1.807) is 0 Å². The number of fused-ring (bicyclic) bond motifs is 2. The van der Waals surface area contributed by atoms with E-state index in [-0.39, 0.29) is 0 Å². The Morgan fingerprint density at radius 1 is 0.471 bits per heavy atom. The molecule has 0 saturated heterocycles. The van der Waals surface area contributed by atoms with E-state index in [4.69, 9.17) is 0 Å². The number of aromatic hydroxyl groups is 2. The zero-order valence-corrected chi connectivity index (χ0v) is 20.9. The van der Waals surface area contributed by atoms with E-state index in [0.717, 1.165) is 36.8 Å². The fourth-order valence-corrected chi connectivity index (χ4v) is 7.82. The molecule has 2 aromatic carbocycles. The SMILES string of the molecule is Oc1c(C2CCCCC2)cc2c(c1-c1c(O)c(C3CCCCC3)cc3c1CCCC3)CCCC2. The highest BCUT2D eigenvalue weighted by Crippen LogP contribution is 2.53. The monoisotopic (exact) mass is 458 g/mol. The minimum Gasteiger partial charge on any atom is -0.507 e. The predicted molar refractivity (Wildman–Crippen MR) is 140 cm³/mol. The average Bonchev–Trinajstić information content (AvgIpc) is 2.90. The largest absolute Gasteiger partial charge is 0.507 e. The minimum absolute atomic E-state index is 0.472. The number of phenols is 2. The zero-order valence-electron chi connectivity index (χ0n) is 20.9. The molecule has 4 aliphatic rings. The van der Waals surface area contributed by atoms with Gasteiger partial charge in [-0.15, -0.1) is 0 Å². The van der Waals surface area contributed by atoms with E-state index in [1.165, 1.54) is 123 Å². The lowest BCUT2D eigenvalue weighted by molar-refractivity contribution is 0.409. The van der Waals surface area contributed by atoms with Crippen LogP contribution in [-0.2, 0) is 25.7 Å². The quantitative estimate of drug-likeness (QED) is 0.483. The van der Waals surface area contributed by atoms with Gasteiger partial charge in [-0.05, 0) is 122 Å². The molecule has 4 aliphatic carbocycles. The molecule has 0 spiro atoms. The maximum Gasteiger partial charge on any atom is 0.127 e. The molecule has 0 amide bonds. The van der Waals surface area contributed by atoms with E-state index < -0.39 is 0 Å². The van der Waals surface area contributed by atoms with Gasteiger partial charge in [-0.1, -0.05) is 50.7 Å². The number of phenolic OH excluding ortho intramolecular Hbond substituents is 2. The van der Waals surface area contributed by atoms with Gasteiger partial charge < -0.3 is 10.2 Å². The molecule has 34 heavy (non-hydrogen) atoms. The van der Waals surface area contributed by atoms with Crippen LogP contribution in [0.15, 0.2) is 12.1 Å². The summed E-state index contributed by atoms with van der Waals surface area (Å²) in [7, 11) is 0. The molecular formula is C32H42O2. The van der Waals surface area contributed by atoms with Gasteiger partial charge in [0, 0.05) is 11.1 Å². The van der Waals surface area contributed by atoms with Gasteiger partial charge >= 0.3 is 0 Å². The lowest BCUT2D eigenvalue weighted by Gasteiger charge is -2.32.